The van der Waals surface area contributed by atoms with Gasteiger partial charge in [-0.25, -0.2) is 0 Å². The lowest BCUT2D eigenvalue weighted by Crippen LogP contribution is -2.24. The molecule has 0 saturated heterocycles. The Hall–Kier alpha value is -1.41. The van der Waals surface area contributed by atoms with Crippen molar-refractivity contribution in [2.45, 2.75) is 32.4 Å². The summed E-state index contributed by atoms with van der Waals surface area (Å²) in [5.74, 6) is 0. The zero-order valence-corrected chi connectivity index (χ0v) is 10.7. The van der Waals surface area contributed by atoms with Gasteiger partial charge in [0.25, 0.3) is 0 Å². The molecule has 1 aliphatic rings. The molecule has 1 heterocycles. The molecule has 2 nitrogen and oxygen atoms in total. The van der Waals surface area contributed by atoms with Crippen LogP contribution in [-0.4, -0.2) is 25.5 Å². The highest BCUT2D eigenvalue weighted by Crippen LogP contribution is 2.20. The Bertz CT molecular complexity index is 431. The molecular formula is C15H19NO. The van der Waals surface area contributed by atoms with Crippen LogP contribution in [-0.2, 0) is 11.2 Å². The van der Waals surface area contributed by atoms with Crippen molar-refractivity contribution >= 4 is 11.8 Å². The molecule has 1 aromatic rings. The van der Waals surface area contributed by atoms with Crippen molar-refractivity contribution < 1.29 is 4.74 Å². The average Bonchev–Trinajstić information content (AvgIpc) is 2.39. The molecule has 0 bridgehead atoms. The third-order valence-corrected chi connectivity index (χ3v) is 3.24. The van der Waals surface area contributed by atoms with E-state index in [4.69, 9.17) is 4.74 Å². The van der Waals surface area contributed by atoms with Gasteiger partial charge in [-0.2, -0.15) is 0 Å². The molecule has 0 amide bonds. The van der Waals surface area contributed by atoms with Crippen LogP contribution in [0.3, 0.4) is 0 Å². The van der Waals surface area contributed by atoms with Crippen LogP contribution in [0.2, 0.25) is 0 Å². The second kappa shape index (κ2) is 5.28. The standard InChI is InChI=1S/C15H19NO/c1-4-12-5-7-13(8-6-12)14-9-15(17-3)11(2)16-10-14/h5-11,15H,4H2,1-3H3. The predicted octanol–water partition coefficient (Wildman–Crippen LogP) is 3.12. The minimum absolute atomic E-state index is 0.0841. The summed E-state index contributed by atoms with van der Waals surface area (Å²) >= 11 is 0. The van der Waals surface area contributed by atoms with Crippen molar-refractivity contribution in [1.29, 1.82) is 0 Å². The number of aliphatic imine (C=N–C) groups is 1. The van der Waals surface area contributed by atoms with Crippen molar-refractivity contribution in [2.75, 3.05) is 7.11 Å². The number of nitrogens with zero attached hydrogens (tertiary/aromatic N) is 1. The van der Waals surface area contributed by atoms with Crippen molar-refractivity contribution in [3.8, 4) is 0 Å². The van der Waals surface area contributed by atoms with Gasteiger partial charge in [-0.05, 0) is 36.1 Å². The second-order valence-corrected chi connectivity index (χ2v) is 4.39. The molecule has 0 N–H and O–H groups in total. The van der Waals surface area contributed by atoms with E-state index in [2.05, 4.69) is 49.2 Å². The maximum absolute atomic E-state index is 5.41. The molecule has 0 spiro atoms. The molecular weight excluding hydrogens is 210 g/mol. The topological polar surface area (TPSA) is 21.6 Å². The van der Waals surface area contributed by atoms with Gasteiger partial charge in [-0.15, -0.1) is 0 Å². The summed E-state index contributed by atoms with van der Waals surface area (Å²) in [6.45, 7) is 4.23. The first-order chi connectivity index (χ1) is 8.24. The molecule has 2 heteroatoms. The maximum atomic E-state index is 5.41. The number of aryl methyl sites for hydroxylation is 1. The molecule has 2 atom stereocenters. The van der Waals surface area contributed by atoms with E-state index in [9.17, 15) is 0 Å². The lowest BCUT2D eigenvalue weighted by atomic mass is 9.99. The minimum atomic E-state index is 0.0841. The first-order valence-electron chi connectivity index (χ1n) is 6.11. The fraction of sp³-hybridized carbons (Fsp3) is 0.400. The largest absolute Gasteiger partial charge is 0.375 e. The van der Waals surface area contributed by atoms with E-state index in [1.807, 2.05) is 6.21 Å². The smallest absolute Gasteiger partial charge is 0.0982 e. The van der Waals surface area contributed by atoms with Gasteiger partial charge >= 0.3 is 0 Å². The summed E-state index contributed by atoms with van der Waals surface area (Å²) in [4.78, 5) is 4.46. The number of hydrogen-bond acceptors (Lipinski definition) is 2. The molecule has 0 aromatic heterocycles. The Balaban J connectivity index is 2.24. The number of allylic oxidation sites excluding steroid dienone is 1. The maximum Gasteiger partial charge on any atom is 0.0982 e. The molecule has 0 fully saturated rings. The van der Waals surface area contributed by atoms with E-state index < -0.39 is 0 Å². The van der Waals surface area contributed by atoms with Crippen LogP contribution in [0.4, 0.5) is 0 Å². The summed E-state index contributed by atoms with van der Waals surface area (Å²) in [7, 11) is 1.73. The molecule has 0 radical (unpaired) electrons. The monoisotopic (exact) mass is 229 g/mol. The summed E-state index contributed by atoms with van der Waals surface area (Å²) in [5, 5.41) is 0. The Morgan fingerprint density at radius 3 is 2.53 bits per heavy atom. The van der Waals surface area contributed by atoms with E-state index in [-0.39, 0.29) is 12.1 Å². The van der Waals surface area contributed by atoms with E-state index in [1.165, 1.54) is 11.1 Å². The minimum Gasteiger partial charge on any atom is -0.375 e. The third-order valence-electron chi connectivity index (χ3n) is 3.24. The van der Waals surface area contributed by atoms with E-state index >= 15 is 0 Å². The second-order valence-electron chi connectivity index (χ2n) is 4.39. The van der Waals surface area contributed by atoms with Gasteiger partial charge in [0.15, 0.2) is 0 Å². The van der Waals surface area contributed by atoms with Crippen LogP contribution < -0.4 is 0 Å². The molecule has 1 aliphatic heterocycles. The van der Waals surface area contributed by atoms with Crippen LogP contribution in [0, 0.1) is 0 Å². The molecule has 2 unspecified atom stereocenters. The summed E-state index contributed by atoms with van der Waals surface area (Å²) < 4.78 is 5.41. The van der Waals surface area contributed by atoms with Crippen molar-refractivity contribution in [3.05, 3.63) is 41.5 Å². The SMILES string of the molecule is CCc1ccc(C2=CC(OC)C(C)N=C2)cc1. The van der Waals surface area contributed by atoms with Crippen LogP contribution in [0.15, 0.2) is 35.3 Å². The van der Waals surface area contributed by atoms with Gasteiger partial charge in [0.1, 0.15) is 0 Å². The van der Waals surface area contributed by atoms with Crippen LogP contribution in [0.1, 0.15) is 25.0 Å². The number of ether oxygens (including phenoxy) is 1. The van der Waals surface area contributed by atoms with Crippen LogP contribution in [0.25, 0.3) is 5.57 Å². The van der Waals surface area contributed by atoms with Crippen molar-refractivity contribution in [2.24, 2.45) is 4.99 Å². The summed E-state index contributed by atoms with van der Waals surface area (Å²) in [5.41, 5.74) is 3.72. The normalized spacial score (nSPS) is 23.6. The Morgan fingerprint density at radius 2 is 1.94 bits per heavy atom. The highest BCUT2D eigenvalue weighted by atomic mass is 16.5. The number of hydrogen-bond donors (Lipinski definition) is 0. The molecule has 90 valence electrons. The Labute approximate surface area is 103 Å². The van der Waals surface area contributed by atoms with Crippen LogP contribution in [0.5, 0.6) is 0 Å². The number of dihydropyridines is 1. The fourth-order valence-electron chi connectivity index (χ4n) is 2.01. The molecule has 0 saturated carbocycles. The van der Waals surface area contributed by atoms with E-state index in [1.54, 1.807) is 7.11 Å². The highest BCUT2D eigenvalue weighted by molar-refractivity contribution is 6.10. The van der Waals surface area contributed by atoms with Crippen molar-refractivity contribution in [1.82, 2.24) is 0 Å². The summed E-state index contributed by atoms with van der Waals surface area (Å²) in [6, 6.07) is 8.85. The summed E-state index contributed by atoms with van der Waals surface area (Å²) in [6.07, 6.45) is 5.26. The van der Waals surface area contributed by atoms with Gasteiger partial charge in [0.2, 0.25) is 0 Å². The molecule has 17 heavy (non-hydrogen) atoms. The molecule has 0 aliphatic carbocycles. The van der Waals surface area contributed by atoms with Crippen molar-refractivity contribution in [3.63, 3.8) is 0 Å². The first kappa shape index (κ1) is 12.1. The third kappa shape index (κ3) is 2.64. The fourth-order valence-corrected chi connectivity index (χ4v) is 2.01. The predicted molar refractivity (Wildman–Crippen MR) is 72.5 cm³/mol. The highest BCUT2D eigenvalue weighted by Gasteiger charge is 2.17. The first-order valence-corrected chi connectivity index (χ1v) is 6.11. The lowest BCUT2D eigenvalue weighted by Gasteiger charge is -2.21. The number of methoxy groups -OCH3 is 1. The Morgan fingerprint density at radius 1 is 1.24 bits per heavy atom. The Kier molecular flexibility index (Phi) is 3.75. The van der Waals surface area contributed by atoms with Gasteiger partial charge in [0.05, 0.1) is 12.1 Å². The van der Waals surface area contributed by atoms with Gasteiger partial charge in [-0.3, -0.25) is 4.99 Å². The van der Waals surface area contributed by atoms with Gasteiger partial charge in [-0.1, -0.05) is 31.2 Å². The van der Waals surface area contributed by atoms with Gasteiger partial charge in [0, 0.05) is 13.3 Å². The zero-order chi connectivity index (χ0) is 12.3. The van der Waals surface area contributed by atoms with Crippen LogP contribution >= 0.6 is 0 Å². The van der Waals surface area contributed by atoms with E-state index in [0.29, 0.717) is 0 Å². The van der Waals surface area contributed by atoms with E-state index in [0.717, 1.165) is 12.0 Å². The number of benzene rings is 1. The number of rotatable bonds is 3. The molecule has 2 rings (SSSR count). The molecule has 1 aromatic carbocycles. The lowest BCUT2D eigenvalue weighted by molar-refractivity contribution is 0.124. The van der Waals surface area contributed by atoms with Gasteiger partial charge < -0.3 is 4.74 Å². The zero-order valence-electron chi connectivity index (χ0n) is 10.7. The average molecular weight is 229 g/mol. The quantitative estimate of drug-likeness (QED) is 0.780.